The Hall–Kier alpha value is -1.26. The van der Waals surface area contributed by atoms with E-state index in [4.69, 9.17) is 5.11 Å². The summed E-state index contributed by atoms with van der Waals surface area (Å²) in [5.74, 6) is 0.250. The monoisotopic (exact) mass is 242 g/mol. The first-order valence-corrected chi connectivity index (χ1v) is 6.17. The maximum atomic E-state index is 11.9. The number of nitrogens with one attached hydrogen (secondary N) is 1. The second-order valence-electron chi connectivity index (χ2n) is 5.14. The Kier molecular flexibility index (Phi) is 4.78. The number of hydrogen-bond donors (Lipinski definition) is 2. The minimum atomic E-state index is -0.825. The predicted octanol–water partition coefficient (Wildman–Crippen LogP) is 1.54. The van der Waals surface area contributed by atoms with Crippen LogP contribution in [0, 0.1) is 11.8 Å². The number of carboxylic acids is 1. The highest BCUT2D eigenvalue weighted by atomic mass is 16.4. The maximum Gasteiger partial charge on any atom is 0.317 e. The molecule has 0 aromatic heterocycles. The van der Waals surface area contributed by atoms with Gasteiger partial charge in [-0.25, -0.2) is 4.79 Å². The van der Waals surface area contributed by atoms with Gasteiger partial charge in [-0.15, -0.1) is 0 Å². The number of carbonyl (C=O) groups excluding carboxylic acids is 1. The minimum Gasteiger partial charge on any atom is -0.481 e. The van der Waals surface area contributed by atoms with Crippen LogP contribution in [0.15, 0.2) is 0 Å². The van der Waals surface area contributed by atoms with Crippen LogP contribution in [-0.2, 0) is 4.79 Å². The first-order valence-electron chi connectivity index (χ1n) is 6.17. The molecule has 5 heteroatoms. The molecule has 3 unspecified atom stereocenters. The largest absolute Gasteiger partial charge is 0.481 e. The summed E-state index contributed by atoms with van der Waals surface area (Å²) in [4.78, 5) is 24.1. The van der Waals surface area contributed by atoms with Crippen molar-refractivity contribution < 1.29 is 14.7 Å². The van der Waals surface area contributed by atoms with Crippen LogP contribution in [0.5, 0.6) is 0 Å². The van der Waals surface area contributed by atoms with Gasteiger partial charge in [-0.05, 0) is 25.2 Å². The number of aliphatic carboxylic acids is 1. The lowest BCUT2D eigenvalue weighted by atomic mass is 10.0. The van der Waals surface area contributed by atoms with Gasteiger partial charge < -0.3 is 15.3 Å². The summed E-state index contributed by atoms with van der Waals surface area (Å²) in [6.45, 7) is 7.71. The molecule has 0 aliphatic carbocycles. The molecule has 2 N–H and O–H groups in total. The summed E-state index contributed by atoms with van der Waals surface area (Å²) in [6, 6.07) is -0.163. The highest BCUT2D eigenvalue weighted by Crippen LogP contribution is 2.21. The van der Waals surface area contributed by atoms with Gasteiger partial charge in [-0.1, -0.05) is 13.8 Å². The van der Waals surface area contributed by atoms with E-state index in [9.17, 15) is 9.59 Å². The Morgan fingerprint density at radius 1 is 1.35 bits per heavy atom. The molecule has 5 nitrogen and oxygen atoms in total. The number of likely N-dealkylation sites (tertiary alicyclic amines) is 1. The van der Waals surface area contributed by atoms with E-state index in [1.54, 1.807) is 0 Å². The summed E-state index contributed by atoms with van der Waals surface area (Å²) < 4.78 is 0. The van der Waals surface area contributed by atoms with Gasteiger partial charge in [0.1, 0.15) is 0 Å². The Morgan fingerprint density at radius 3 is 2.35 bits per heavy atom. The number of carboxylic acid groups (broad SMARTS) is 1. The lowest BCUT2D eigenvalue weighted by Crippen LogP contribution is -2.43. The number of carbonyl (C=O) groups is 2. The van der Waals surface area contributed by atoms with Crippen LogP contribution in [0.4, 0.5) is 4.79 Å². The molecule has 0 bridgehead atoms. The first-order chi connectivity index (χ1) is 7.90. The number of hydrogen-bond acceptors (Lipinski definition) is 2. The molecule has 98 valence electrons. The second kappa shape index (κ2) is 5.89. The molecule has 1 heterocycles. The van der Waals surface area contributed by atoms with Crippen LogP contribution in [0.1, 0.15) is 33.6 Å². The van der Waals surface area contributed by atoms with Crippen molar-refractivity contribution in [3.05, 3.63) is 0 Å². The van der Waals surface area contributed by atoms with Crippen molar-refractivity contribution in [2.75, 3.05) is 13.1 Å². The zero-order chi connectivity index (χ0) is 13.0. The third-order valence-electron chi connectivity index (χ3n) is 3.44. The van der Waals surface area contributed by atoms with E-state index in [1.165, 1.54) is 0 Å². The molecule has 17 heavy (non-hydrogen) atoms. The van der Waals surface area contributed by atoms with Crippen molar-refractivity contribution in [1.29, 1.82) is 0 Å². The van der Waals surface area contributed by atoms with Gasteiger partial charge in [-0.3, -0.25) is 4.79 Å². The molecular weight excluding hydrogens is 220 g/mol. The summed E-state index contributed by atoms with van der Waals surface area (Å²) in [5.41, 5.74) is 0. The predicted molar refractivity (Wildman–Crippen MR) is 64.8 cm³/mol. The van der Waals surface area contributed by atoms with Gasteiger partial charge >= 0.3 is 12.0 Å². The van der Waals surface area contributed by atoms with E-state index in [2.05, 4.69) is 19.2 Å². The number of nitrogens with zero attached hydrogens (tertiary/aromatic N) is 1. The molecule has 1 aliphatic rings. The van der Waals surface area contributed by atoms with Crippen molar-refractivity contribution in [3.63, 3.8) is 0 Å². The van der Waals surface area contributed by atoms with Gasteiger partial charge in [-0.2, -0.15) is 0 Å². The fraction of sp³-hybridized carbons (Fsp3) is 0.833. The molecule has 0 saturated carbocycles. The van der Waals surface area contributed by atoms with Gasteiger partial charge in [0.25, 0.3) is 0 Å². The third kappa shape index (κ3) is 4.24. The van der Waals surface area contributed by atoms with Gasteiger partial charge in [0.15, 0.2) is 0 Å². The second-order valence-corrected chi connectivity index (χ2v) is 5.14. The van der Waals surface area contributed by atoms with Crippen LogP contribution in [0.2, 0.25) is 0 Å². The molecule has 1 saturated heterocycles. The molecule has 1 rings (SSSR count). The van der Waals surface area contributed by atoms with E-state index in [-0.39, 0.29) is 18.5 Å². The average Bonchev–Trinajstić information content (AvgIpc) is 2.56. The van der Waals surface area contributed by atoms with Crippen molar-refractivity contribution in [2.24, 2.45) is 11.8 Å². The SMILES string of the molecule is CC(CCC(=O)O)NC(=O)N1CC(C)C(C)C1. The Morgan fingerprint density at radius 2 is 1.88 bits per heavy atom. The Balaban J connectivity index is 2.32. The third-order valence-corrected chi connectivity index (χ3v) is 3.44. The first kappa shape index (κ1) is 13.8. The summed E-state index contributed by atoms with van der Waals surface area (Å²) in [5, 5.41) is 11.4. The van der Waals surface area contributed by atoms with Crippen LogP contribution in [0.25, 0.3) is 0 Å². The lowest BCUT2D eigenvalue weighted by Gasteiger charge is -2.20. The zero-order valence-electron chi connectivity index (χ0n) is 10.8. The normalized spacial score (nSPS) is 25.7. The van der Waals surface area contributed by atoms with Crippen LogP contribution in [-0.4, -0.2) is 41.1 Å². The minimum absolute atomic E-state index is 0.0703. The van der Waals surface area contributed by atoms with Gasteiger partial charge in [0.05, 0.1) is 0 Å². The molecule has 0 aromatic rings. The maximum absolute atomic E-state index is 11.9. The van der Waals surface area contributed by atoms with E-state index >= 15 is 0 Å². The Bertz CT molecular complexity index is 283. The molecule has 0 radical (unpaired) electrons. The van der Waals surface area contributed by atoms with Crippen molar-refractivity contribution in [3.8, 4) is 0 Å². The standard InChI is InChI=1S/C12H22N2O3/c1-8-6-14(7-9(8)2)12(17)13-10(3)4-5-11(15)16/h8-10H,4-7H2,1-3H3,(H,13,17)(H,15,16). The fourth-order valence-electron chi connectivity index (χ4n) is 2.01. The molecule has 3 atom stereocenters. The molecule has 0 aromatic carbocycles. The molecule has 1 fully saturated rings. The van der Waals surface area contributed by atoms with Crippen LogP contribution >= 0.6 is 0 Å². The smallest absolute Gasteiger partial charge is 0.317 e. The van der Waals surface area contributed by atoms with E-state index < -0.39 is 5.97 Å². The lowest BCUT2D eigenvalue weighted by molar-refractivity contribution is -0.137. The van der Waals surface area contributed by atoms with Crippen molar-refractivity contribution in [2.45, 2.75) is 39.7 Å². The summed E-state index contributed by atoms with van der Waals surface area (Å²) in [6.07, 6.45) is 0.564. The van der Waals surface area contributed by atoms with Crippen LogP contribution in [0.3, 0.4) is 0 Å². The zero-order valence-corrected chi connectivity index (χ0v) is 10.8. The number of rotatable bonds is 4. The molecule has 2 amide bonds. The topological polar surface area (TPSA) is 69.6 Å². The highest BCUT2D eigenvalue weighted by molar-refractivity contribution is 5.75. The fourth-order valence-corrected chi connectivity index (χ4v) is 2.01. The average molecular weight is 242 g/mol. The van der Waals surface area contributed by atoms with Crippen molar-refractivity contribution in [1.82, 2.24) is 10.2 Å². The van der Waals surface area contributed by atoms with Crippen molar-refractivity contribution >= 4 is 12.0 Å². The van der Waals surface area contributed by atoms with E-state index in [0.29, 0.717) is 18.3 Å². The molecular formula is C12H22N2O3. The van der Waals surface area contributed by atoms with Gasteiger partial charge in [0.2, 0.25) is 0 Å². The summed E-state index contributed by atoms with van der Waals surface area (Å²) in [7, 11) is 0. The highest BCUT2D eigenvalue weighted by Gasteiger charge is 2.29. The Labute approximate surface area is 102 Å². The molecule has 0 spiro atoms. The van der Waals surface area contributed by atoms with Crippen LogP contribution < -0.4 is 5.32 Å². The van der Waals surface area contributed by atoms with E-state index in [1.807, 2.05) is 11.8 Å². The quantitative estimate of drug-likeness (QED) is 0.785. The summed E-state index contributed by atoms with van der Waals surface area (Å²) >= 11 is 0. The number of urea groups is 1. The number of amides is 2. The van der Waals surface area contributed by atoms with E-state index in [0.717, 1.165) is 13.1 Å². The van der Waals surface area contributed by atoms with Gasteiger partial charge in [0, 0.05) is 25.6 Å². The molecule has 1 aliphatic heterocycles.